The Morgan fingerprint density at radius 3 is 2.86 bits per heavy atom. The van der Waals surface area contributed by atoms with Gasteiger partial charge in [-0.05, 0) is 60.8 Å². The SMILES string of the molecule is C[C@]12CC(=O)[C@H]3c4ccc(O)cc4CC[C@@H]3[C@@H]1CC[C@@H]2O. The van der Waals surface area contributed by atoms with Crippen molar-refractivity contribution in [3.63, 3.8) is 0 Å². The second-order valence-corrected chi connectivity index (χ2v) is 7.41. The van der Waals surface area contributed by atoms with Gasteiger partial charge in [0.2, 0.25) is 0 Å². The maximum atomic E-state index is 12.8. The van der Waals surface area contributed by atoms with E-state index in [4.69, 9.17) is 0 Å². The zero-order chi connectivity index (χ0) is 14.8. The summed E-state index contributed by atoms with van der Waals surface area (Å²) in [4.78, 5) is 12.8. The van der Waals surface area contributed by atoms with Crippen molar-refractivity contribution >= 4 is 5.78 Å². The molecule has 3 aliphatic carbocycles. The van der Waals surface area contributed by atoms with Crippen LogP contribution in [0.1, 0.15) is 49.7 Å². The van der Waals surface area contributed by atoms with Crippen LogP contribution in [0.2, 0.25) is 0 Å². The lowest BCUT2D eigenvalue weighted by Gasteiger charge is -2.49. The topological polar surface area (TPSA) is 57.5 Å². The van der Waals surface area contributed by atoms with Crippen LogP contribution in [0.25, 0.3) is 0 Å². The standard InChI is InChI=1S/C18H22O3/c1-18-9-15(20)17-12-5-3-11(19)8-10(12)2-4-13(17)14(18)6-7-16(18)21/h3,5,8,13-14,16-17,19,21H,2,4,6-7,9H2,1H3/t13-,14+,16+,17+,18+/m1/s1. The average molecular weight is 286 g/mol. The van der Waals surface area contributed by atoms with Crippen molar-refractivity contribution in [2.75, 3.05) is 0 Å². The molecule has 2 fully saturated rings. The normalized spacial score (nSPS) is 41.3. The molecule has 0 spiro atoms. The van der Waals surface area contributed by atoms with Gasteiger partial charge in [-0.25, -0.2) is 0 Å². The number of rotatable bonds is 0. The molecule has 112 valence electrons. The number of benzene rings is 1. The molecule has 0 bridgehead atoms. The van der Waals surface area contributed by atoms with Crippen LogP contribution in [0.4, 0.5) is 0 Å². The third-order valence-electron chi connectivity index (χ3n) is 6.42. The number of aliphatic hydroxyl groups is 1. The summed E-state index contributed by atoms with van der Waals surface area (Å²) in [6.45, 7) is 2.11. The Bertz CT molecular complexity index is 608. The van der Waals surface area contributed by atoms with Crippen molar-refractivity contribution in [2.45, 2.75) is 51.0 Å². The van der Waals surface area contributed by atoms with Gasteiger partial charge in [0.05, 0.1) is 6.10 Å². The second kappa shape index (κ2) is 4.33. The van der Waals surface area contributed by atoms with Crippen LogP contribution in [0.5, 0.6) is 5.75 Å². The number of phenols is 1. The number of phenolic OH excluding ortho intramolecular Hbond substituents is 1. The van der Waals surface area contributed by atoms with E-state index in [0.29, 0.717) is 18.3 Å². The van der Waals surface area contributed by atoms with Gasteiger partial charge in [-0.3, -0.25) is 4.79 Å². The van der Waals surface area contributed by atoms with E-state index < -0.39 is 0 Å². The van der Waals surface area contributed by atoms with E-state index in [-0.39, 0.29) is 29.0 Å². The summed E-state index contributed by atoms with van der Waals surface area (Å²) in [7, 11) is 0. The van der Waals surface area contributed by atoms with Gasteiger partial charge in [-0.15, -0.1) is 0 Å². The summed E-state index contributed by atoms with van der Waals surface area (Å²) in [6, 6.07) is 5.45. The van der Waals surface area contributed by atoms with E-state index >= 15 is 0 Å². The molecule has 0 saturated heterocycles. The van der Waals surface area contributed by atoms with Gasteiger partial charge in [0, 0.05) is 17.8 Å². The highest BCUT2D eigenvalue weighted by atomic mass is 16.3. The average Bonchev–Trinajstić information content (AvgIpc) is 2.74. The Balaban J connectivity index is 1.78. The lowest BCUT2D eigenvalue weighted by atomic mass is 9.55. The first-order valence-electron chi connectivity index (χ1n) is 8.03. The fraction of sp³-hybridized carbons (Fsp3) is 0.611. The molecule has 0 heterocycles. The first kappa shape index (κ1) is 13.3. The van der Waals surface area contributed by atoms with E-state index in [1.807, 2.05) is 12.1 Å². The Morgan fingerprint density at radius 1 is 1.24 bits per heavy atom. The van der Waals surface area contributed by atoms with E-state index in [9.17, 15) is 15.0 Å². The van der Waals surface area contributed by atoms with Crippen molar-refractivity contribution in [1.82, 2.24) is 0 Å². The van der Waals surface area contributed by atoms with E-state index in [1.54, 1.807) is 6.07 Å². The summed E-state index contributed by atoms with van der Waals surface area (Å²) in [6.07, 6.45) is 3.98. The number of ketones is 1. The minimum absolute atomic E-state index is 0.0160. The maximum absolute atomic E-state index is 12.8. The Kier molecular flexibility index (Phi) is 2.74. The number of carbonyl (C=O) groups excluding carboxylic acids is 1. The molecule has 0 amide bonds. The van der Waals surface area contributed by atoms with E-state index in [1.165, 1.54) is 0 Å². The van der Waals surface area contributed by atoms with Gasteiger partial charge >= 0.3 is 0 Å². The fourth-order valence-corrected chi connectivity index (χ4v) is 5.36. The molecule has 2 saturated carbocycles. The molecule has 3 aliphatic rings. The Labute approximate surface area is 125 Å². The van der Waals surface area contributed by atoms with Crippen LogP contribution in [0.3, 0.4) is 0 Å². The minimum Gasteiger partial charge on any atom is -0.508 e. The number of fused-ring (bicyclic) bond motifs is 5. The van der Waals surface area contributed by atoms with Gasteiger partial charge in [-0.1, -0.05) is 13.0 Å². The molecule has 3 heteroatoms. The van der Waals surface area contributed by atoms with Crippen LogP contribution in [0, 0.1) is 17.3 Å². The van der Waals surface area contributed by atoms with Crippen molar-refractivity contribution in [3.8, 4) is 5.75 Å². The monoisotopic (exact) mass is 286 g/mol. The number of carbonyl (C=O) groups is 1. The first-order chi connectivity index (χ1) is 10.0. The largest absolute Gasteiger partial charge is 0.508 e. The van der Waals surface area contributed by atoms with Crippen LogP contribution in [-0.4, -0.2) is 22.1 Å². The molecule has 0 aromatic heterocycles. The van der Waals surface area contributed by atoms with Gasteiger partial charge in [0.25, 0.3) is 0 Å². The van der Waals surface area contributed by atoms with Gasteiger partial charge in [0.1, 0.15) is 11.5 Å². The van der Waals surface area contributed by atoms with Crippen molar-refractivity contribution < 1.29 is 15.0 Å². The summed E-state index contributed by atoms with van der Waals surface area (Å²) >= 11 is 0. The van der Waals surface area contributed by atoms with E-state index in [2.05, 4.69) is 6.92 Å². The first-order valence-corrected chi connectivity index (χ1v) is 8.03. The summed E-state index contributed by atoms with van der Waals surface area (Å²) in [5.41, 5.74) is 2.04. The second-order valence-electron chi connectivity index (χ2n) is 7.41. The van der Waals surface area contributed by atoms with Crippen molar-refractivity contribution in [2.24, 2.45) is 17.3 Å². The van der Waals surface area contributed by atoms with Crippen molar-refractivity contribution in [3.05, 3.63) is 29.3 Å². The number of hydrogen-bond acceptors (Lipinski definition) is 3. The van der Waals surface area contributed by atoms with Gasteiger partial charge in [-0.2, -0.15) is 0 Å². The molecular formula is C18H22O3. The molecule has 4 rings (SSSR count). The van der Waals surface area contributed by atoms with Crippen LogP contribution in [-0.2, 0) is 11.2 Å². The van der Waals surface area contributed by atoms with Crippen LogP contribution in [0.15, 0.2) is 18.2 Å². The number of aliphatic hydroxyl groups excluding tert-OH is 1. The molecule has 0 radical (unpaired) electrons. The third kappa shape index (κ3) is 1.73. The van der Waals surface area contributed by atoms with Crippen LogP contribution >= 0.6 is 0 Å². The minimum atomic E-state index is -0.325. The van der Waals surface area contributed by atoms with Crippen molar-refractivity contribution in [1.29, 1.82) is 0 Å². The number of aryl methyl sites for hydroxylation is 1. The smallest absolute Gasteiger partial charge is 0.141 e. The molecular weight excluding hydrogens is 264 g/mol. The predicted octanol–water partition coefficient (Wildman–Crippen LogP) is 2.79. The zero-order valence-electron chi connectivity index (χ0n) is 12.4. The lowest BCUT2D eigenvalue weighted by molar-refractivity contribution is -0.134. The summed E-state index contributed by atoms with van der Waals surface area (Å²) < 4.78 is 0. The highest BCUT2D eigenvalue weighted by Gasteiger charge is 2.57. The molecule has 5 atom stereocenters. The predicted molar refractivity (Wildman–Crippen MR) is 79.1 cm³/mol. The molecule has 1 aromatic rings. The molecule has 1 aromatic carbocycles. The van der Waals surface area contributed by atoms with Gasteiger partial charge < -0.3 is 10.2 Å². The lowest BCUT2D eigenvalue weighted by Crippen LogP contribution is -2.48. The molecule has 3 nitrogen and oxygen atoms in total. The third-order valence-corrected chi connectivity index (χ3v) is 6.42. The maximum Gasteiger partial charge on any atom is 0.141 e. The Morgan fingerprint density at radius 2 is 2.05 bits per heavy atom. The highest BCUT2D eigenvalue weighted by molar-refractivity contribution is 5.88. The zero-order valence-corrected chi connectivity index (χ0v) is 12.4. The molecule has 2 N–H and O–H groups in total. The Hall–Kier alpha value is -1.35. The highest BCUT2D eigenvalue weighted by Crippen LogP contribution is 2.59. The number of aromatic hydroxyl groups is 1. The molecule has 0 aliphatic heterocycles. The van der Waals surface area contributed by atoms with Crippen LogP contribution < -0.4 is 0 Å². The number of hydrogen-bond donors (Lipinski definition) is 2. The molecule has 0 unspecified atom stereocenters. The molecule has 21 heavy (non-hydrogen) atoms. The van der Waals surface area contributed by atoms with Gasteiger partial charge in [0.15, 0.2) is 0 Å². The van der Waals surface area contributed by atoms with E-state index in [0.717, 1.165) is 36.8 Å². The quantitative estimate of drug-likeness (QED) is 0.771. The fourth-order valence-electron chi connectivity index (χ4n) is 5.36. The number of Topliss-reactive ketones (excluding diaryl/α,β-unsaturated/α-hetero) is 1. The summed E-state index contributed by atoms with van der Waals surface area (Å²) in [5.74, 6) is 1.38. The summed E-state index contributed by atoms with van der Waals surface area (Å²) in [5, 5.41) is 20.0.